The summed E-state index contributed by atoms with van der Waals surface area (Å²) in [5.74, 6) is 1.93. The number of rotatable bonds is 4. The zero-order chi connectivity index (χ0) is 17.2. The summed E-state index contributed by atoms with van der Waals surface area (Å²) in [4.78, 5) is 17.8. The number of hydrogen-bond donors (Lipinski definition) is 0. The van der Waals surface area contributed by atoms with Crippen molar-refractivity contribution in [3.8, 4) is 23.3 Å². The van der Waals surface area contributed by atoms with Crippen molar-refractivity contribution in [3.05, 3.63) is 76.0 Å². The molecule has 0 radical (unpaired) electrons. The molecule has 4 rings (SSSR count). The number of aryl methyl sites for hydroxylation is 1. The Morgan fingerprint density at radius 3 is 2.28 bits per heavy atom. The van der Waals surface area contributed by atoms with Gasteiger partial charge in [0.15, 0.2) is 0 Å². The van der Waals surface area contributed by atoms with Gasteiger partial charge in [-0.2, -0.15) is 4.98 Å². The van der Waals surface area contributed by atoms with Crippen molar-refractivity contribution >= 4 is 21.6 Å². The highest BCUT2D eigenvalue weighted by Crippen LogP contribution is 2.27. The number of aromatic nitrogens is 1. The molecule has 6 heteroatoms. The van der Waals surface area contributed by atoms with Crippen LogP contribution in [0.1, 0.15) is 4.88 Å². The fraction of sp³-hybridized carbons (Fsp3) is 0.0526. The lowest BCUT2D eigenvalue weighted by atomic mass is 10.3. The van der Waals surface area contributed by atoms with Gasteiger partial charge in [0, 0.05) is 4.88 Å². The number of nitrogens with zero attached hydrogens (tertiary/aromatic N) is 1. The lowest BCUT2D eigenvalue weighted by Crippen LogP contribution is -2.01. The fourth-order valence-electron chi connectivity index (χ4n) is 2.32. The Hall–Kier alpha value is -3.12. The van der Waals surface area contributed by atoms with E-state index in [0.717, 1.165) is 10.6 Å². The smallest absolute Gasteiger partial charge is 0.403 e. The summed E-state index contributed by atoms with van der Waals surface area (Å²) in [7, 11) is 0. The van der Waals surface area contributed by atoms with E-state index in [0.29, 0.717) is 21.7 Å². The number of benzene rings is 2. The molecule has 0 aliphatic heterocycles. The summed E-state index contributed by atoms with van der Waals surface area (Å²) < 4.78 is 16.4. The maximum Gasteiger partial charge on any atom is 0.403 e. The van der Waals surface area contributed by atoms with Crippen LogP contribution in [0.25, 0.3) is 10.2 Å². The molecule has 4 aromatic rings. The van der Waals surface area contributed by atoms with E-state index in [9.17, 15) is 4.79 Å². The minimum atomic E-state index is -0.451. The number of para-hydroxylation sites is 1. The van der Waals surface area contributed by atoms with Crippen molar-refractivity contribution in [1.29, 1.82) is 0 Å². The van der Waals surface area contributed by atoms with Gasteiger partial charge in [0.2, 0.25) is 0 Å². The predicted octanol–water partition coefficient (Wildman–Crippen LogP) is 5.14. The number of hydrogen-bond acceptors (Lipinski definition) is 6. The summed E-state index contributed by atoms with van der Waals surface area (Å²) in [6.07, 6.45) is -0.0731. The van der Waals surface area contributed by atoms with E-state index < -0.39 is 5.63 Å². The second kappa shape index (κ2) is 6.41. The summed E-state index contributed by atoms with van der Waals surface area (Å²) in [5.41, 5.74) is -0.451. The first-order valence-electron chi connectivity index (χ1n) is 7.59. The average molecular weight is 351 g/mol. The third-order valence-corrected chi connectivity index (χ3v) is 4.38. The maximum atomic E-state index is 12.0. The Labute approximate surface area is 147 Å². The molecule has 5 nitrogen and oxygen atoms in total. The minimum absolute atomic E-state index is 0.0731. The molecule has 124 valence electrons. The van der Waals surface area contributed by atoms with Gasteiger partial charge in [-0.25, -0.2) is 4.79 Å². The van der Waals surface area contributed by atoms with Crippen LogP contribution in [0.2, 0.25) is 0 Å². The fourth-order valence-corrected chi connectivity index (χ4v) is 3.17. The minimum Gasteiger partial charge on any atom is -0.457 e. The molecule has 0 spiro atoms. The highest BCUT2D eigenvalue weighted by atomic mass is 32.1. The first-order chi connectivity index (χ1) is 12.2. The molecule has 2 aromatic heterocycles. The van der Waals surface area contributed by atoms with Crippen LogP contribution in [0.4, 0.5) is 0 Å². The molecule has 0 aliphatic rings. The first-order valence-corrected chi connectivity index (χ1v) is 8.41. The second-order valence-electron chi connectivity index (χ2n) is 5.33. The van der Waals surface area contributed by atoms with Gasteiger partial charge in [0.1, 0.15) is 22.1 Å². The highest BCUT2D eigenvalue weighted by molar-refractivity contribution is 7.18. The quantitative estimate of drug-likeness (QED) is 0.509. The Balaban J connectivity index is 1.54. The van der Waals surface area contributed by atoms with Crippen molar-refractivity contribution in [2.45, 2.75) is 6.92 Å². The molecular formula is C19H13NO4S. The molecule has 2 aromatic carbocycles. The third kappa shape index (κ3) is 3.39. The number of fused-ring (bicyclic) bond motifs is 1. The molecular weight excluding hydrogens is 338 g/mol. The SMILES string of the molecule is Cc1cc2c(=O)oc(Oc3ccc(Oc4ccccc4)cc3)nc2s1. The van der Waals surface area contributed by atoms with E-state index in [2.05, 4.69) is 4.98 Å². The van der Waals surface area contributed by atoms with Crippen LogP contribution < -0.4 is 15.1 Å². The van der Waals surface area contributed by atoms with Crippen LogP contribution in [0.5, 0.6) is 23.3 Å². The van der Waals surface area contributed by atoms with E-state index in [1.165, 1.54) is 11.3 Å². The number of ether oxygens (including phenoxy) is 2. The molecule has 0 amide bonds. The van der Waals surface area contributed by atoms with Gasteiger partial charge in [0.05, 0.1) is 5.39 Å². The van der Waals surface area contributed by atoms with Crippen LogP contribution in [0, 0.1) is 6.92 Å². The molecule has 0 saturated heterocycles. The van der Waals surface area contributed by atoms with Gasteiger partial charge in [-0.1, -0.05) is 18.2 Å². The molecule has 0 bridgehead atoms. The van der Waals surface area contributed by atoms with Crippen LogP contribution in [0.3, 0.4) is 0 Å². The molecule has 0 aliphatic carbocycles. The summed E-state index contributed by atoms with van der Waals surface area (Å²) in [6.45, 7) is 1.91. The topological polar surface area (TPSA) is 61.6 Å². The average Bonchev–Trinajstić information content (AvgIpc) is 2.99. The zero-order valence-electron chi connectivity index (χ0n) is 13.3. The maximum absolute atomic E-state index is 12.0. The molecule has 0 N–H and O–H groups in total. The van der Waals surface area contributed by atoms with E-state index in [4.69, 9.17) is 13.9 Å². The Kier molecular flexibility index (Phi) is 3.95. The van der Waals surface area contributed by atoms with Crippen molar-refractivity contribution in [2.75, 3.05) is 0 Å². The van der Waals surface area contributed by atoms with Gasteiger partial charge in [-0.05, 0) is 49.4 Å². The molecule has 25 heavy (non-hydrogen) atoms. The van der Waals surface area contributed by atoms with Crippen molar-refractivity contribution in [2.24, 2.45) is 0 Å². The molecule has 2 heterocycles. The van der Waals surface area contributed by atoms with E-state index in [1.54, 1.807) is 30.3 Å². The standard InChI is InChI=1S/C19H13NO4S/c1-12-11-16-17(25-12)20-19(24-18(16)21)23-15-9-7-14(8-10-15)22-13-5-3-2-4-6-13/h2-11H,1H3. The van der Waals surface area contributed by atoms with Gasteiger partial charge in [0.25, 0.3) is 0 Å². The summed E-state index contributed by atoms with van der Waals surface area (Å²) >= 11 is 1.42. The summed E-state index contributed by atoms with van der Waals surface area (Å²) in [5, 5.41) is 0.474. The Morgan fingerprint density at radius 1 is 0.920 bits per heavy atom. The van der Waals surface area contributed by atoms with Crippen LogP contribution >= 0.6 is 11.3 Å². The second-order valence-corrected chi connectivity index (χ2v) is 6.57. The van der Waals surface area contributed by atoms with Crippen LogP contribution in [0.15, 0.2) is 69.9 Å². The molecule has 0 unspecified atom stereocenters. The normalized spacial score (nSPS) is 10.8. The molecule has 0 atom stereocenters. The molecule has 0 fully saturated rings. The van der Waals surface area contributed by atoms with Crippen molar-refractivity contribution in [3.63, 3.8) is 0 Å². The van der Waals surface area contributed by atoms with Crippen LogP contribution in [-0.2, 0) is 0 Å². The van der Waals surface area contributed by atoms with E-state index in [-0.39, 0.29) is 6.08 Å². The van der Waals surface area contributed by atoms with Crippen LogP contribution in [-0.4, -0.2) is 4.98 Å². The van der Waals surface area contributed by atoms with E-state index >= 15 is 0 Å². The zero-order valence-corrected chi connectivity index (χ0v) is 14.1. The lowest BCUT2D eigenvalue weighted by molar-refractivity contribution is 0.307. The first kappa shape index (κ1) is 15.4. The van der Waals surface area contributed by atoms with Gasteiger partial charge >= 0.3 is 11.7 Å². The van der Waals surface area contributed by atoms with Crippen molar-refractivity contribution in [1.82, 2.24) is 4.98 Å². The highest BCUT2D eigenvalue weighted by Gasteiger charge is 2.11. The predicted molar refractivity (Wildman–Crippen MR) is 95.9 cm³/mol. The summed E-state index contributed by atoms with van der Waals surface area (Å²) in [6, 6.07) is 18.2. The Bertz CT molecular complexity index is 1070. The molecule has 0 saturated carbocycles. The monoisotopic (exact) mass is 351 g/mol. The number of thiophene rings is 1. The van der Waals surface area contributed by atoms with Gasteiger partial charge in [-0.15, -0.1) is 11.3 Å². The van der Waals surface area contributed by atoms with Crippen molar-refractivity contribution < 1.29 is 13.9 Å². The Morgan fingerprint density at radius 2 is 1.56 bits per heavy atom. The largest absolute Gasteiger partial charge is 0.457 e. The lowest BCUT2D eigenvalue weighted by Gasteiger charge is -2.06. The van der Waals surface area contributed by atoms with Gasteiger partial charge in [-0.3, -0.25) is 0 Å². The van der Waals surface area contributed by atoms with E-state index in [1.807, 2.05) is 37.3 Å². The third-order valence-electron chi connectivity index (χ3n) is 3.44. The van der Waals surface area contributed by atoms with Gasteiger partial charge < -0.3 is 13.9 Å².